The molecular weight excluding hydrogens is 582 g/mol. The Kier molecular flexibility index (Phi) is 9.55. The lowest BCUT2D eigenvalue weighted by atomic mass is 10.0. The van der Waals surface area contributed by atoms with Crippen LogP contribution in [0.4, 0.5) is 11.6 Å². The lowest BCUT2D eigenvalue weighted by Gasteiger charge is -2.38. The predicted molar refractivity (Wildman–Crippen MR) is 180 cm³/mol. The van der Waals surface area contributed by atoms with Gasteiger partial charge in [-0.15, -0.1) is 5.10 Å². The number of nitrogens with one attached hydrogen (secondary N) is 1. The highest BCUT2D eigenvalue weighted by molar-refractivity contribution is 5.56. The van der Waals surface area contributed by atoms with Crippen LogP contribution in [-0.2, 0) is 30.7 Å². The second-order valence-electron chi connectivity index (χ2n) is 11.8. The number of anilines is 2. The molecule has 0 radical (unpaired) electrons. The van der Waals surface area contributed by atoms with Crippen LogP contribution in [0.5, 0.6) is 11.5 Å². The van der Waals surface area contributed by atoms with E-state index < -0.39 is 0 Å². The van der Waals surface area contributed by atoms with E-state index in [1.54, 1.807) is 25.8 Å². The van der Waals surface area contributed by atoms with Crippen molar-refractivity contribution in [2.75, 3.05) is 77.4 Å². The van der Waals surface area contributed by atoms with Crippen LogP contribution in [-0.4, -0.2) is 102 Å². The van der Waals surface area contributed by atoms with Crippen molar-refractivity contribution in [1.82, 2.24) is 34.4 Å². The maximum Gasteiger partial charge on any atom is 0.226 e. The molecule has 1 aromatic carbocycles. The fraction of sp³-hybridized carbons (Fsp3) is 0.471. The minimum Gasteiger partial charge on any atom is -0.499 e. The average molecular weight is 628 g/mol. The molecule has 244 valence electrons. The number of hydrogen-bond acceptors (Lipinski definition) is 11. The summed E-state index contributed by atoms with van der Waals surface area (Å²) >= 11 is 0. The number of aromatic nitrogens is 5. The van der Waals surface area contributed by atoms with Gasteiger partial charge in [0, 0.05) is 87.5 Å². The van der Waals surface area contributed by atoms with Crippen molar-refractivity contribution in [3.63, 3.8) is 0 Å². The molecule has 0 aliphatic carbocycles. The normalized spacial score (nSPS) is 16.3. The maximum atomic E-state index is 5.60. The lowest BCUT2D eigenvalue weighted by Crippen LogP contribution is -2.47. The number of rotatable bonds is 11. The van der Waals surface area contributed by atoms with Gasteiger partial charge in [0.1, 0.15) is 22.6 Å². The molecule has 4 aromatic rings. The second-order valence-corrected chi connectivity index (χ2v) is 11.8. The third kappa shape index (κ3) is 6.45. The molecule has 46 heavy (non-hydrogen) atoms. The van der Waals surface area contributed by atoms with Crippen molar-refractivity contribution in [1.29, 1.82) is 0 Å². The SMILES string of the molecule is C=c1c(=C(C)OC)nc(NCc2ccc(OC)cc2OC)n2nc(CCN3CCc4c(N5CCN(CC)CC5)ccnc4C3)nc12. The van der Waals surface area contributed by atoms with E-state index in [9.17, 15) is 0 Å². The topological polar surface area (TPSA) is 105 Å². The molecule has 0 unspecified atom stereocenters. The average Bonchev–Trinajstić information content (AvgIpc) is 3.55. The van der Waals surface area contributed by atoms with Gasteiger partial charge in [0.15, 0.2) is 11.5 Å². The quantitative estimate of drug-likeness (QED) is 0.264. The Bertz CT molecular complexity index is 1800. The summed E-state index contributed by atoms with van der Waals surface area (Å²) in [6, 6.07) is 7.95. The molecule has 0 spiro atoms. The molecule has 12 heteroatoms. The van der Waals surface area contributed by atoms with Crippen LogP contribution < -0.4 is 30.3 Å². The molecule has 5 heterocycles. The monoisotopic (exact) mass is 627 g/mol. The molecule has 2 aliphatic rings. The van der Waals surface area contributed by atoms with E-state index >= 15 is 0 Å². The first-order chi connectivity index (χ1) is 22.4. The number of piperazine rings is 1. The Hall–Kier alpha value is -4.42. The zero-order valence-corrected chi connectivity index (χ0v) is 27.7. The third-order valence-electron chi connectivity index (χ3n) is 9.18. The molecular formula is C34H45N9O3. The summed E-state index contributed by atoms with van der Waals surface area (Å²) < 4.78 is 18.2. The first-order valence-corrected chi connectivity index (χ1v) is 16.0. The maximum absolute atomic E-state index is 5.60. The van der Waals surface area contributed by atoms with Crippen molar-refractivity contribution in [2.24, 2.45) is 0 Å². The summed E-state index contributed by atoms with van der Waals surface area (Å²) in [6.45, 7) is 17.0. The smallest absolute Gasteiger partial charge is 0.226 e. The molecule has 0 amide bonds. The highest BCUT2D eigenvalue weighted by Gasteiger charge is 2.25. The van der Waals surface area contributed by atoms with Crippen LogP contribution in [0.1, 0.15) is 36.5 Å². The molecule has 1 N–H and O–H groups in total. The van der Waals surface area contributed by atoms with Gasteiger partial charge in [-0.1, -0.05) is 13.5 Å². The summed E-state index contributed by atoms with van der Waals surface area (Å²) in [4.78, 5) is 22.1. The van der Waals surface area contributed by atoms with Crippen LogP contribution in [0, 0.1) is 0 Å². The van der Waals surface area contributed by atoms with Crippen LogP contribution in [0.15, 0.2) is 30.5 Å². The van der Waals surface area contributed by atoms with E-state index in [1.807, 2.05) is 31.3 Å². The number of pyridine rings is 1. The predicted octanol–water partition coefficient (Wildman–Crippen LogP) is 2.08. The number of nitrogens with zero attached hydrogens (tertiary/aromatic N) is 8. The van der Waals surface area contributed by atoms with Gasteiger partial charge >= 0.3 is 0 Å². The van der Waals surface area contributed by atoms with E-state index in [1.165, 1.54) is 16.9 Å². The van der Waals surface area contributed by atoms with E-state index in [0.29, 0.717) is 40.9 Å². The van der Waals surface area contributed by atoms with Gasteiger partial charge in [-0.25, -0.2) is 9.97 Å². The van der Waals surface area contributed by atoms with Crippen molar-refractivity contribution in [2.45, 2.75) is 39.8 Å². The minimum absolute atomic E-state index is 0.461. The molecule has 0 bridgehead atoms. The number of hydrogen-bond donors (Lipinski definition) is 1. The number of ether oxygens (including phenoxy) is 3. The van der Waals surface area contributed by atoms with Crippen LogP contribution in [0.2, 0.25) is 0 Å². The fourth-order valence-corrected chi connectivity index (χ4v) is 6.35. The summed E-state index contributed by atoms with van der Waals surface area (Å²) in [6.07, 6.45) is 3.67. The van der Waals surface area contributed by atoms with Gasteiger partial charge in [0.05, 0.1) is 27.0 Å². The van der Waals surface area contributed by atoms with Gasteiger partial charge < -0.3 is 29.3 Å². The van der Waals surface area contributed by atoms with Gasteiger partial charge in [0.2, 0.25) is 5.95 Å². The Morgan fingerprint density at radius 1 is 1.00 bits per heavy atom. The molecule has 3 aromatic heterocycles. The van der Waals surface area contributed by atoms with Crippen LogP contribution in [0.3, 0.4) is 0 Å². The largest absolute Gasteiger partial charge is 0.499 e. The zero-order valence-electron chi connectivity index (χ0n) is 27.7. The highest BCUT2D eigenvalue weighted by Crippen LogP contribution is 2.29. The lowest BCUT2D eigenvalue weighted by molar-refractivity contribution is 0.250. The number of methoxy groups -OCH3 is 3. The van der Waals surface area contributed by atoms with Crippen molar-refractivity contribution in [3.8, 4) is 11.5 Å². The Balaban J connectivity index is 1.19. The summed E-state index contributed by atoms with van der Waals surface area (Å²) in [5.41, 5.74) is 5.56. The van der Waals surface area contributed by atoms with Gasteiger partial charge in [-0.2, -0.15) is 4.52 Å². The molecule has 6 rings (SSSR count). The first kappa shape index (κ1) is 31.6. The Morgan fingerprint density at radius 2 is 1.83 bits per heavy atom. The van der Waals surface area contributed by atoms with E-state index in [-0.39, 0.29) is 0 Å². The number of benzene rings is 1. The van der Waals surface area contributed by atoms with Gasteiger partial charge in [0.25, 0.3) is 0 Å². The molecule has 12 nitrogen and oxygen atoms in total. The van der Waals surface area contributed by atoms with Gasteiger partial charge in [-0.05, 0) is 43.7 Å². The number of fused-ring (bicyclic) bond motifs is 2. The van der Waals surface area contributed by atoms with E-state index in [0.717, 1.165) is 81.7 Å². The molecule has 0 atom stereocenters. The van der Waals surface area contributed by atoms with Gasteiger partial charge in [-0.3, -0.25) is 9.88 Å². The van der Waals surface area contributed by atoms with Crippen LogP contribution in [0.25, 0.3) is 18.0 Å². The standard InChI is InChI=1S/C34H45N9O3/c1-7-40-16-18-42(19-17-40)29-10-13-35-28-22-41(14-11-27(28)29)15-12-31-37-33-23(2)32(24(3)44-4)38-34(43(33)39-31)36-21-25-8-9-26(45-5)20-30(25)46-6/h8-10,13,20H,2,7,11-12,14-19,21-22H2,1,3-6H3,(H,36,38). The molecule has 1 fully saturated rings. The highest BCUT2D eigenvalue weighted by atomic mass is 16.5. The molecule has 1 saturated heterocycles. The summed E-state index contributed by atoms with van der Waals surface area (Å²) in [5, 5.41) is 9.64. The first-order valence-electron chi connectivity index (χ1n) is 16.0. The fourth-order valence-electron chi connectivity index (χ4n) is 6.35. The Labute approximate surface area is 270 Å². The molecule has 0 saturated carbocycles. The van der Waals surface area contributed by atoms with Crippen molar-refractivity contribution in [3.05, 3.63) is 63.7 Å². The van der Waals surface area contributed by atoms with E-state index in [2.05, 4.69) is 39.6 Å². The Morgan fingerprint density at radius 3 is 2.57 bits per heavy atom. The summed E-state index contributed by atoms with van der Waals surface area (Å²) in [5.74, 6) is 3.40. The second kappa shape index (κ2) is 13.9. The van der Waals surface area contributed by atoms with Crippen molar-refractivity contribution >= 4 is 29.6 Å². The zero-order chi connectivity index (χ0) is 32.2. The third-order valence-corrected chi connectivity index (χ3v) is 9.18. The number of likely N-dealkylation sites (N-methyl/N-ethyl adjacent to an activating group) is 1. The minimum atomic E-state index is 0.461. The van der Waals surface area contributed by atoms with E-state index in [4.69, 9.17) is 34.3 Å². The van der Waals surface area contributed by atoms with Crippen LogP contribution >= 0.6 is 0 Å². The molecule has 2 aliphatic heterocycles. The summed E-state index contributed by atoms with van der Waals surface area (Å²) in [7, 11) is 4.92. The van der Waals surface area contributed by atoms with Crippen molar-refractivity contribution < 1.29 is 14.2 Å².